The minimum atomic E-state index is -0.0477. The molecule has 3 rings (SSSR count). The van der Waals surface area contributed by atoms with Gasteiger partial charge in [-0.2, -0.15) is 11.3 Å². The fourth-order valence-electron chi connectivity index (χ4n) is 2.17. The highest BCUT2D eigenvalue weighted by molar-refractivity contribution is 9.09. The van der Waals surface area contributed by atoms with E-state index in [1.54, 1.807) is 23.3 Å². The third kappa shape index (κ3) is 2.40. The van der Waals surface area contributed by atoms with Crippen LogP contribution in [0.1, 0.15) is 21.5 Å². The molecule has 1 unspecified atom stereocenters. The second-order valence-corrected chi connectivity index (χ2v) is 6.32. The lowest BCUT2D eigenvalue weighted by Gasteiger charge is -2.26. The van der Waals surface area contributed by atoms with Gasteiger partial charge in [0.15, 0.2) is 0 Å². The summed E-state index contributed by atoms with van der Waals surface area (Å²) in [6.07, 6.45) is 0. The first kappa shape index (κ1) is 12.7. The van der Waals surface area contributed by atoms with E-state index in [0.717, 1.165) is 11.3 Å². The van der Waals surface area contributed by atoms with Gasteiger partial charge in [0.1, 0.15) is 0 Å². The predicted molar refractivity (Wildman–Crippen MR) is 82.0 cm³/mol. The van der Waals surface area contributed by atoms with Crippen molar-refractivity contribution < 1.29 is 4.79 Å². The maximum atomic E-state index is 11.6. The predicted octanol–water partition coefficient (Wildman–Crippen LogP) is 4.21. The summed E-state index contributed by atoms with van der Waals surface area (Å²) in [4.78, 5) is 13.5. The van der Waals surface area contributed by atoms with Crippen LogP contribution in [0.3, 0.4) is 0 Å². The molecule has 19 heavy (non-hydrogen) atoms. The molecule has 3 nitrogen and oxygen atoms in total. The van der Waals surface area contributed by atoms with Crippen LogP contribution >= 0.6 is 27.3 Å². The molecule has 2 amide bonds. The van der Waals surface area contributed by atoms with Crippen molar-refractivity contribution in [1.29, 1.82) is 0 Å². The molecule has 1 atom stereocenters. The molecule has 0 saturated heterocycles. The fraction of sp³-hybridized carbons (Fsp3) is 0.214. The van der Waals surface area contributed by atoms with Gasteiger partial charge in [-0.05, 0) is 39.6 Å². The first-order valence-corrected chi connectivity index (χ1v) is 7.82. The molecule has 1 aromatic heterocycles. The standard InChI is InChI=1S/C14H13BrN2OS/c1-17-7-11-6-9(2-3-12(11)16-14(17)18)13(15)10-4-5-19-8-10/h2-6,8,13H,7H2,1H3,(H,16,18). The van der Waals surface area contributed by atoms with Gasteiger partial charge in [-0.1, -0.05) is 28.1 Å². The Hall–Kier alpha value is -1.33. The molecule has 5 heteroatoms. The van der Waals surface area contributed by atoms with E-state index in [1.807, 2.05) is 6.07 Å². The minimum absolute atomic E-state index is 0.0477. The van der Waals surface area contributed by atoms with Crippen LogP contribution in [0.15, 0.2) is 35.0 Å². The van der Waals surface area contributed by atoms with Crippen molar-refractivity contribution in [2.45, 2.75) is 11.4 Å². The van der Waals surface area contributed by atoms with E-state index in [-0.39, 0.29) is 10.9 Å². The monoisotopic (exact) mass is 336 g/mol. The van der Waals surface area contributed by atoms with Gasteiger partial charge in [-0.3, -0.25) is 0 Å². The second-order valence-electron chi connectivity index (χ2n) is 4.62. The number of anilines is 1. The summed E-state index contributed by atoms with van der Waals surface area (Å²) in [7, 11) is 1.80. The summed E-state index contributed by atoms with van der Waals surface area (Å²) >= 11 is 5.43. The Balaban J connectivity index is 1.93. The number of hydrogen-bond donors (Lipinski definition) is 1. The van der Waals surface area contributed by atoms with Crippen molar-refractivity contribution >= 4 is 39.0 Å². The molecule has 2 aromatic rings. The number of urea groups is 1. The van der Waals surface area contributed by atoms with Crippen molar-refractivity contribution in [2.24, 2.45) is 0 Å². The maximum absolute atomic E-state index is 11.6. The van der Waals surface area contributed by atoms with Crippen molar-refractivity contribution in [3.8, 4) is 0 Å². The summed E-state index contributed by atoms with van der Waals surface area (Å²) in [5, 5.41) is 7.11. The minimum Gasteiger partial charge on any atom is -0.323 e. The number of nitrogens with one attached hydrogen (secondary N) is 1. The van der Waals surface area contributed by atoms with Crippen LogP contribution in [-0.2, 0) is 6.54 Å². The van der Waals surface area contributed by atoms with E-state index >= 15 is 0 Å². The normalized spacial score (nSPS) is 15.9. The van der Waals surface area contributed by atoms with Gasteiger partial charge in [0.05, 0.1) is 4.83 Å². The Morgan fingerprint density at radius 2 is 2.21 bits per heavy atom. The Kier molecular flexibility index (Phi) is 3.33. The molecular weight excluding hydrogens is 324 g/mol. The molecule has 0 spiro atoms. The molecule has 0 saturated carbocycles. The van der Waals surface area contributed by atoms with Crippen molar-refractivity contribution in [3.05, 3.63) is 51.7 Å². The fourth-order valence-corrected chi connectivity index (χ4v) is 3.60. The zero-order chi connectivity index (χ0) is 13.4. The van der Waals surface area contributed by atoms with Gasteiger partial charge in [0.25, 0.3) is 0 Å². The summed E-state index contributed by atoms with van der Waals surface area (Å²) in [5.41, 5.74) is 4.54. The number of thiophene rings is 1. The Bertz CT molecular complexity index is 612. The Morgan fingerprint density at radius 3 is 2.95 bits per heavy atom. The number of halogens is 1. The molecule has 1 aliphatic rings. The first-order chi connectivity index (χ1) is 9.15. The molecule has 1 aromatic carbocycles. The highest BCUT2D eigenvalue weighted by Crippen LogP contribution is 2.34. The van der Waals surface area contributed by atoms with E-state index in [2.05, 4.69) is 50.2 Å². The second kappa shape index (κ2) is 4.98. The lowest BCUT2D eigenvalue weighted by atomic mass is 10.0. The summed E-state index contributed by atoms with van der Waals surface area (Å²) in [6, 6.07) is 8.27. The number of nitrogens with zero attached hydrogens (tertiary/aromatic N) is 1. The third-order valence-corrected chi connectivity index (χ3v) is 5.01. The van der Waals surface area contributed by atoms with Crippen LogP contribution in [0.4, 0.5) is 10.5 Å². The first-order valence-electron chi connectivity index (χ1n) is 5.96. The van der Waals surface area contributed by atoms with Crippen LogP contribution in [0.5, 0.6) is 0 Å². The lowest BCUT2D eigenvalue weighted by Crippen LogP contribution is -2.35. The number of benzene rings is 1. The number of alkyl halides is 1. The van der Waals surface area contributed by atoms with Gasteiger partial charge >= 0.3 is 6.03 Å². The van der Waals surface area contributed by atoms with Crippen LogP contribution < -0.4 is 5.32 Å². The Morgan fingerprint density at radius 1 is 1.37 bits per heavy atom. The van der Waals surface area contributed by atoms with Crippen molar-refractivity contribution in [2.75, 3.05) is 12.4 Å². The highest BCUT2D eigenvalue weighted by atomic mass is 79.9. The molecule has 0 aliphatic carbocycles. The molecule has 2 heterocycles. The maximum Gasteiger partial charge on any atom is 0.321 e. The van der Waals surface area contributed by atoms with Gasteiger partial charge < -0.3 is 10.2 Å². The number of fused-ring (bicyclic) bond motifs is 1. The number of carbonyl (C=O) groups excluding carboxylic acids is 1. The SMILES string of the molecule is CN1Cc2cc(C(Br)c3ccsc3)ccc2NC1=O. The van der Waals surface area contributed by atoms with Gasteiger partial charge in [-0.15, -0.1) is 0 Å². The molecule has 0 fully saturated rings. The summed E-state index contributed by atoms with van der Waals surface area (Å²) in [5.74, 6) is 0. The highest BCUT2D eigenvalue weighted by Gasteiger charge is 2.20. The molecule has 98 valence electrons. The largest absolute Gasteiger partial charge is 0.323 e. The van der Waals surface area contributed by atoms with E-state index in [9.17, 15) is 4.79 Å². The van der Waals surface area contributed by atoms with E-state index < -0.39 is 0 Å². The number of hydrogen-bond acceptors (Lipinski definition) is 2. The van der Waals surface area contributed by atoms with Crippen LogP contribution in [-0.4, -0.2) is 18.0 Å². The molecule has 1 N–H and O–H groups in total. The molecule has 0 bridgehead atoms. The van der Waals surface area contributed by atoms with E-state index in [1.165, 1.54) is 11.1 Å². The van der Waals surface area contributed by atoms with Gasteiger partial charge in [0.2, 0.25) is 0 Å². The topological polar surface area (TPSA) is 32.3 Å². The Labute approximate surface area is 124 Å². The third-order valence-electron chi connectivity index (χ3n) is 3.25. The van der Waals surface area contributed by atoms with Crippen LogP contribution in [0.25, 0.3) is 0 Å². The van der Waals surface area contributed by atoms with Crippen molar-refractivity contribution in [1.82, 2.24) is 4.90 Å². The zero-order valence-electron chi connectivity index (χ0n) is 10.4. The molecular formula is C14H13BrN2OS. The average Bonchev–Trinajstić information content (AvgIpc) is 2.93. The van der Waals surface area contributed by atoms with Gasteiger partial charge in [-0.25, -0.2) is 4.79 Å². The quantitative estimate of drug-likeness (QED) is 0.818. The van der Waals surface area contributed by atoms with Gasteiger partial charge in [0, 0.05) is 19.3 Å². The summed E-state index contributed by atoms with van der Waals surface area (Å²) < 4.78 is 0. The van der Waals surface area contributed by atoms with E-state index in [4.69, 9.17) is 0 Å². The number of carbonyl (C=O) groups is 1. The summed E-state index contributed by atoms with van der Waals surface area (Å²) in [6.45, 7) is 0.651. The van der Waals surface area contributed by atoms with Crippen molar-refractivity contribution in [3.63, 3.8) is 0 Å². The smallest absolute Gasteiger partial charge is 0.321 e. The number of amides is 2. The zero-order valence-corrected chi connectivity index (χ0v) is 12.8. The number of rotatable bonds is 2. The van der Waals surface area contributed by atoms with Crippen LogP contribution in [0.2, 0.25) is 0 Å². The van der Waals surface area contributed by atoms with E-state index in [0.29, 0.717) is 6.54 Å². The van der Waals surface area contributed by atoms with Crippen LogP contribution in [0, 0.1) is 0 Å². The average molecular weight is 337 g/mol. The molecule has 1 aliphatic heterocycles. The lowest BCUT2D eigenvalue weighted by molar-refractivity contribution is 0.218. The molecule has 0 radical (unpaired) electrons.